The zero-order chi connectivity index (χ0) is 16.1. The average molecular weight is 308 g/mol. The van der Waals surface area contributed by atoms with Crippen LogP contribution in [0.15, 0.2) is 36.4 Å². The van der Waals surface area contributed by atoms with E-state index in [1.807, 2.05) is 26.0 Å². The molecular formula is C19H18BFO2. The van der Waals surface area contributed by atoms with Crippen molar-refractivity contribution < 1.29 is 13.9 Å². The van der Waals surface area contributed by atoms with Crippen LogP contribution in [0.25, 0.3) is 0 Å². The van der Waals surface area contributed by atoms with Crippen LogP contribution in [0.2, 0.25) is 0 Å². The number of hydrogen-bond acceptors (Lipinski definition) is 2. The van der Waals surface area contributed by atoms with Crippen molar-refractivity contribution in [3.8, 4) is 5.75 Å². The van der Waals surface area contributed by atoms with E-state index in [1.165, 1.54) is 17.2 Å². The maximum absolute atomic E-state index is 13.8. The quantitative estimate of drug-likeness (QED) is 0.809. The summed E-state index contributed by atoms with van der Waals surface area (Å²) in [7, 11) is 1.94. The second-order valence-corrected chi connectivity index (χ2v) is 6.77. The fraction of sp³-hybridized carbons (Fsp3) is 0.316. The molecule has 116 valence electrons. The highest BCUT2D eigenvalue weighted by Gasteiger charge is 2.57. The first-order valence-electron chi connectivity index (χ1n) is 8.05. The van der Waals surface area contributed by atoms with E-state index in [9.17, 15) is 9.18 Å². The normalized spacial score (nSPS) is 24.0. The van der Waals surface area contributed by atoms with Crippen LogP contribution in [0.3, 0.4) is 0 Å². The lowest BCUT2D eigenvalue weighted by atomic mass is 9.94. The molecule has 2 aliphatic rings. The van der Waals surface area contributed by atoms with Gasteiger partial charge in [-0.25, -0.2) is 4.39 Å². The maximum atomic E-state index is 13.8. The third kappa shape index (κ3) is 2.46. The Morgan fingerprint density at radius 1 is 1.30 bits per heavy atom. The molecule has 2 nitrogen and oxygen atoms in total. The summed E-state index contributed by atoms with van der Waals surface area (Å²) < 4.78 is 19.5. The molecule has 0 radical (unpaired) electrons. The number of ketones is 1. The van der Waals surface area contributed by atoms with Crippen molar-refractivity contribution >= 4 is 19.1 Å². The van der Waals surface area contributed by atoms with Crippen LogP contribution in [-0.2, 0) is 17.8 Å². The summed E-state index contributed by atoms with van der Waals surface area (Å²) >= 11 is 0. The van der Waals surface area contributed by atoms with Crippen LogP contribution in [-0.4, -0.2) is 13.6 Å². The van der Waals surface area contributed by atoms with Gasteiger partial charge in [0.15, 0.2) is 0 Å². The first kappa shape index (κ1) is 14.5. The van der Waals surface area contributed by atoms with Gasteiger partial charge in [-0.2, -0.15) is 0 Å². The third-order valence-corrected chi connectivity index (χ3v) is 5.16. The van der Waals surface area contributed by atoms with E-state index >= 15 is 0 Å². The van der Waals surface area contributed by atoms with Crippen LogP contribution in [0, 0.1) is 17.7 Å². The first-order valence-corrected chi connectivity index (χ1v) is 8.05. The number of carbonyl (C=O) groups excluding carboxylic acids is 1. The lowest BCUT2D eigenvalue weighted by Gasteiger charge is -2.11. The maximum Gasteiger partial charge on any atom is 0.139 e. The number of ether oxygens (including phenoxy) is 1. The zero-order valence-corrected chi connectivity index (χ0v) is 13.3. The van der Waals surface area contributed by atoms with Gasteiger partial charge in [0.25, 0.3) is 0 Å². The van der Waals surface area contributed by atoms with Crippen molar-refractivity contribution in [2.75, 3.05) is 0 Å². The molecule has 0 aromatic heterocycles. The molecule has 0 aliphatic heterocycles. The van der Waals surface area contributed by atoms with Crippen LogP contribution < -0.4 is 10.2 Å². The molecule has 0 bridgehead atoms. The molecule has 1 fully saturated rings. The third-order valence-electron chi connectivity index (χ3n) is 5.16. The number of Topliss-reactive ketones (excluding diaryl/α,β-unsaturated/α-hetero) is 1. The molecule has 0 spiro atoms. The second-order valence-electron chi connectivity index (χ2n) is 6.77. The summed E-state index contributed by atoms with van der Waals surface area (Å²) in [6.07, 6.45) is 0.959. The molecule has 4 heteroatoms. The zero-order valence-electron chi connectivity index (χ0n) is 13.3. The van der Waals surface area contributed by atoms with Crippen molar-refractivity contribution in [2.24, 2.45) is 11.8 Å². The first-order chi connectivity index (χ1) is 11.0. The predicted molar refractivity (Wildman–Crippen MR) is 89.5 cm³/mol. The van der Waals surface area contributed by atoms with Gasteiger partial charge in [0, 0.05) is 11.5 Å². The highest BCUT2D eigenvalue weighted by atomic mass is 19.1. The van der Waals surface area contributed by atoms with Gasteiger partial charge < -0.3 is 4.74 Å². The Morgan fingerprint density at radius 2 is 2.13 bits per heavy atom. The lowest BCUT2D eigenvalue weighted by molar-refractivity contribution is -0.118. The Bertz CT molecular complexity index is 802. The van der Waals surface area contributed by atoms with Crippen molar-refractivity contribution in [3.05, 3.63) is 58.9 Å². The minimum atomic E-state index is -0.234. The lowest BCUT2D eigenvalue weighted by Crippen LogP contribution is -2.07. The van der Waals surface area contributed by atoms with Crippen molar-refractivity contribution in [1.82, 2.24) is 0 Å². The highest BCUT2D eigenvalue weighted by Crippen LogP contribution is 2.61. The Balaban J connectivity index is 1.48. The molecule has 4 rings (SSSR count). The number of halogens is 1. The van der Waals surface area contributed by atoms with Crippen LogP contribution in [0.4, 0.5) is 4.39 Å². The Morgan fingerprint density at radius 3 is 2.91 bits per heavy atom. The second kappa shape index (κ2) is 5.22. The molecule has 0 heterocycles. The Labute approximate surface area is 136 Å². The number of rotatable bonds is 4. The monoisotopic (exact) mass is 308 g/mol. The Kier molecular flexibility index (Phi) is 3.29. The smallest absolute Gasteiger partial charge is 0.139 e. The van der Waals surface area contributed by atoms with Gasteiger partial charge in [-0.1, -0.05) is 23.7 Å². The molecule has 3 atom stereocenters. The number of hydrogen-bond donors (Lipinski definition) is 0. The Hall–Kier alpha value is -2.10. The highest BCUT2D eigenvalue weighted by molar-refractivity contribution is 6.32. The predicted octanol–water partition coefficient (Wildman–Crippen LogP) is 2.14. The van der Waals surface area contributed by atoms with E-state index in [4.69, 9.17) is 4.74 Å². The van der Waals surface area contributed by atoms with Crippen molar-refractivity contribution in [3.63, 3.8) is 0 Å². The van der Waals surface area contributed by atoms with E-state index in [-0.39, 0.29) is 18.3 Å². The summed E-state index contributed by atoms with van der Waals surface area (Å²) in [4.78, 5) is 11.6. The van der Waals surface area contributed by atoms with E-state index in [0.29, 0.717) is 23.2 Å². The molecule has 2 aliphatic carbocycles. The van der Waals surface area contributed by atoms with Gasteiger partial charge in [-0.15, -0.1) is 0 Å². The molecule has 2 aromatic rings. The van der Waals surface area contributed by atoms with Gasteiger partial charge in [-0.05, 0) is 54.5 Å². The molecule has 23 heavy (non-hydrogen) atoms. The summed E-state index contributed by atoms with van der Waals surface area (Å²) in [5.74, 6) is 1.99. The minimum absolute atomic E-state index is 0.231. The molecule has 0 amide bonds. The summed E-state index contributed by atoms with van der Waals surface area (Å²) in [5, 5.41) is 0. The molecule has 1 saturated carbocycles. The average Bonchev–Trinajstić information content (AvgIpc) is 3.11. The van der Waals surface area contributed by atoms with Crippen LogP contribution in [0.5, 0.6) is 5.75 Å². The number of benzene rings is 2. The molecule has 0 saturated heterocycles. The van der Waals surface area contributed by atoms with Gasteiger partial charge in [0.1, 0.15) is 31.8 Å². The van der Waals surface area contributed by atoms with E-state index < -0.39 is 0 Å². The molecule has 0 unspecified atom stereocenters. The number of fused-ring (bicyclic) bond motifs is 3. The fourth-order valence-corrected chi connectivity index (χ4v) is 4.01. The van der Waals surface area contributed by atoms with Gasteiger partial charge in [0.2, 0.25) is 0 Å². The summed E-state index contributed by atoms with van der Waals surface area (Å²) in [5.41, 5.74) is 4.17. The van der Waals surface area contributed by atoms with Crippen LogP contribution in [0.1, 0.15) is 29.5 Å². The van der Waals surface area contributed by atoms with Gasteiger partial charge >= 0.3 is 0 Å². The largest absolute Gasteiger partial charge is 0.489 e. The number of carbonyl (C=O) groups is 1. The minimum Gasteiger partial charge on any atom is -0.489 e. The SMILES string of the molecule is Bc1ccc(F)c(COc2ccc3c(c2)C[C@H]2[C@H](C(C)=O)[C@@H]32)c1. The van der Waals surface area contributed by atoms with E-state index in [0.717, 1.165) is 17.6 Å². The topological polar surface area (TPSA) is 26.3 Å². The molecular weight excluding hydrogens is 290 g/mol. The van der Waals surface area contributed by atoms with Gasteiger partial charge in [-0.3, -0.25) is 4.79 Å². The van der Waals surface area contributed by atoms with E-state index in [2.05, 4.69) is 6.07 Å². The molecule has 2 aromatic carbocycles. The standard InChI is InChI=1S/C19H18BFO2/c1-10(22)18-16-8-11-7-14(3-4-15(11)19(16)18)23-9-12-6-13(20)2-5-17(12)21/h2-7,16,18-19H,8-9,20H2,1H3/t16-,18-,19-/m0/s1. The summed E-state index contributed by atoms with van der Waals surface area (Å²) in [6.45, 7) is 1.92. The van der Waals surface area contributed by atoms with Crippen LogP contribution >= 0.6 is 0 Å². The fourth-order valence-electron chi connectivity index (χ4n) is 4.01. The van der Waals surface area contributed by atoms with Crippen molar-refractivity contribution in [1.29, 1.82) is 0 Å². The summed E-state index contributed by atoms with van der Waals surface area (Å²) in [6, 6.07) is 11.1. The van der Waals surface area contributed by atoms with Gasteiger partial charge in [0.05, 0.1) is 0 Å². The van der Waals surface area contributed by atoms with E-state index in [1.54, 1.807) is 13.0 Å². The molecule has 0 N–H and O–H groups in total. The van der Waals surface area contributed by atoms with Crippen molar-refractivity contribution in [2.45, 2.75) is 25.9 Å².